The number of fused-ring (bicyclic) bond motifs is 2. The fourth-order valence-electron chi connectivity index (χ4n) is 4.37. The van der Waals surface area contributed by atoms with Crippen LogP contribution in [0.1, 0.15) is 51.1 Å². The third kappa shape index (κ3) is 3.57. The van der Waals surface area contributed by atoms with E-state index in [1.54, 1.807) is 0 Å². The maximum absolute atomic E-state index is 12.2. The lowest BCUT2D eigenvalue weighted by atomic mass is 9.84. The normalized spacial score (nSPS) is 28.2. The molecular formula is C19H26N2O2. The first kappa shape index (κ1) is 16.0. The quantitative estimate of drug-likeness (QED) is 0.840. The topological polar surface area (TPSA) is 58.2 Å². The maximum atomic E-state index is 12.2. The largest absolute Gasteiger partial charge is 0.345 e. The molecule has 1 aromatic carbocycles. The summed E-state index contributed by atoms with van der Waals surface area (Å²) in [7, 11) is 0. The molecule has 2 saturated carbocycles. The third-order valence-electron chi connectivity index (χ3n) is 5.65. The molecule has 2 bridgehead atoms. The standard InChI is InChI=1S/C19H26N2O2/c1-12(15-6-4-3-5-7-15)20-18(22)19(23)21-13(2)17-11-14-8-9-16(17)10-14/h3-7,12-14,16-17H,8-11H2,1-2H3,(H,20,22)(H,21,23). The van der Waals surface area contributed by atoms with Crippen molar-refractivity contribution in [3.63, 3.8) is 0 Å². The average Bonchev–Trinajstić information content (AvgIpc) is 3.18. The van der Waals surface area contributed by atoms with Crippen LogP contribution in [0.2, 0.25) is 0 Å². The van der Waals surface area contributed by atoms with Gasteiger partial charge in [-0.3, -0.25) is 9.59 Å². The Balaban J connectivity index is 1.50. The minimum absolute atomic E-state index is 0.0792. The van der Waals surface area contributed by atoms with Crippen LogP contribution >= 0.6 is 0 Å². The molecule has 2 fully saturated rings. The molecule has 0 heterocycles. The second kappa shape index (κ2) is 6.73. The first-order chi connectivity index (χ1) is 11.0. The van der Waals surface area contributed by atoms with Crippen LogP contribution in [0.15, 0.2) is 30.3 Å². The van der Waals surface area contributed by atoms with Gasteiger partial charge in [0.1, 0.15) is 0 Å². The van der Waals surface area contributed by atoms with Crippen molar-refractivity contribution in [2.24, 2.45) is 17.8 Å². The second-order valence-corrected chi connectivity index (χ2v) is 7.21. The highest BCUT2D eigenvalue weighted by Gasteiger charge is 2.42. The maximum Gasteiger partial charge on any atom is 0.309 e. The number of hydrogen-bond acceptors (Lipinski definition) is 2. The number of carbonyl (C=O) groups is 2. The van der Waals surface area contributed by atoms with Gasteiger partial charge in [0.2, 0.25) is 0 Å². The summed E-state index contributed by atoms with van der Waals surface area (Å²) in [6.07, 6.45) is 5.14. The molecule has 3 rings (SSSR count). The summed E-state index contributed by atoms with van der Waals surface area (Å²) in [4.78, 5) is 24.3. The number of carbonyl (C=O) groups excluding carboxylic acids is 2. The van der Waals surface area contributed by atoms with Crippen LogP contribution in [0.5, 0.6) is 0 Å². The van der Waals surface area contributed by atoms with Gasteiger partial charge in [0.25, 0.3) is 0 Å². The summed E-state index contributed by atoms with van der Waals surface area (Å²) in [6.45, 7) is 3.93. The molecule has 0 aromatic heterocycles. The molecule has 2 aliphatic carbocycles. The van der Waals surface area contributed by atoms with Crippen molar-refractivity contribution >= 4 is 11.8 Å². The average molecular weight is 314 g/mol. The Kier molecular flexibility index (Phi) is 4.69. The lowest BCUT2D eigenvalue weighted by molar-refractivity contribution is -0.140. The van der Waals surface area contributed by atoms with Gasteiger partial charge in [-0.1, -0.05) is 36.8 Å². The molecule has 0 radical (unpaired) electrons. The first-order valence-corrected chi connectivity index (χ1v) is 8.71. The predicted molar refractivity (Wildman–Crippen MR) is 89.5 cm³/mol. The van der Waals surface area contributed by atoms with Gasteiger partial charge in [-0.2, -0.15) is 0 Å². The van der Waals surface area contributed by atoms with Gasteiger partial charge in [0.15, 0.2) is 0 Å². The van der Waals surface area contributed by atoms with Gasteiger partial charge in [-0.05, 0) is 56.4 Å². The first-order valence-electron chi connectivity index (χ1n) is 8.71. The number of hydrogen-bond donors (Lipinski definition) is 2. The monoisotopic (exact) mass is 314 g/mol. The Hall–Kier alpha value is -1.84. The summed E-state index contributed by atoms with van der Waals surface area (Å²) in [5, 5.41) is 5.69. The van der Waals surface area contributed by atoms with E-state index in [4.69, 9.17) is 0 Å². The van der Waals surface area contributed by atoms with E-state index < -0.39 is 11.8 Å². The molecule has 23 heavy (non-hydrogen) atoms. The zero-order valence-corrected chi connectivity index (χ0v) is 13.9. The van der Waals surface area contributed by atoms with E-state index in [9.17, 15) is 9.59 Å². The number of nitrogens with one attached hydrogen (secondary N) is 2. The molecule has 2 aliphatic rings. The molecule has 5 unspecified atom stereocenters. The van der Waals surface area contributed by atoms with Crippen molar-refractivity contribution in [2.45, 2.75) is 51.6 Å². The third-order valence-corrected chi connectivity index (χ3v) is 5.65. The molecule has 0 aliphatic heterocycles. The summed E-state index contributed by atoms with van der Waals surface area (Å²) in [5.41, 5.74) is 0.995. The lowest BCUT2D eigenvalue weighted by Gasteiger charge is -2.28. The fraction of sp³-hybridized carbons (Fsp3) is 0.579. The molecule has 2 amide bonds. The van der Waals surface area contributed by atoms with E-state index in [2.05, 4.69) is 10.6 Å². The SMILES string of the molecule is CC(NC(=O)C(=O)NC(C)C1CC2CCC1C2)c1ccccc1. The molecule has 5 atom stereocenters. The molecule has 2 N–H and O–H groups in total. The van der Waals surface area contributed by atoms with E-state index in [-0.39, 0.29) is 12.1 Å². The van der Waals surface area contributed by atoms with E-state index in [0.29, 0.717) is 5.92 Å². The van der Waals surface area contributed by atoms with Gasteiger partial charge < -0.3 is 10.6 Å². The van der Waals surface area contributed by atoms with Crippen molar-refractivity contribution in [2.75, 3.05) is 0 Å². The number of rotatable bonds is 4. The second-order valence-electron chi connectivity index (χ2n) is 7.21. The molecule has 4 nitrogen and oxygen atoms in total. The van der Waals surface area contributed by atoms with Gasteiger partial charge >= 0.3 is 11.8 Å². The van der Waals surface area contributed by atoms with Crippen molar-refractivity contribution in [3.8, 4) is 0 Å². The van der Waals surface area contributed by atoms with Gasteiger partial charge in [-0.15, -0.1) is 0 Å². The smallest absolute Gasteiger partial charge is 0.309 e. The van der Waals surface area contributed by atoms with Crippen LogP contribution in [-0.4, -0.2) is 17.9 Å². The predicted octanol–water partition coefficient (Wildman–Crippen LogP) is 2.80. The Morgan fingerprint density at radius 1 is 1.00 bits per heavy atom. The molecule has 0 saturated heterocycles. The Morgan fingerprint density at radius 2 is 1.70 bits per heavy atom. The van der Waals surface area contributed by atoms with Crippen LogP contribution in [-0.2, 0) is 9.59 Å². The highest BCUT2D eigenvalue weighted by Crippen LogP contribution is 2.49. The molecule has 124 valence electrons. The highest BCUT2D eigenvalue weighted by atomic mass is 16.2. The lowest BCUT2D eigenvalue weighted by Crippen LogP contribution is -2.47. The van der Waals surface area contributed by atoms with Crippen LogP contribution in [0.25, 0.3) is 0 Å². The van der Waals surface area contributed by atoms with Crippen LogP contribution in [0.4, 0.5) is 0 Å². The van der Waals surface area contributed by atoms with Crippen LogP contribution in [0, 0.1) is 17.8 Å². The Bertz CT molecular complexity index is 572. The summed E-state index contributed by atoms with van der Waals surface area (Å²) >= 11 is 0. The zero-order valence-electron chi connectivity index (χ0n) is 13.9. The molecule has 4 heteroatoms. The van der Waals surface area contributed by atoms with Crippen molar-refractivity contribution in [3.05, 3.63) is 35.9 Å². The minimum atomic E-state index is -0.545. The number of benzene rings is 1. The molecule has 1 aromatic rings. The van der Waals surface area contributed by atoms with Gasteiger partial charge in [-0.25, -0.2) is 0 Å². The van der Waals surface area contributed by atoms with E-state index in [0.717, 1.165) is 17.4 Å². The zero-order chi connectivity index (χ0) is 16.4. The fourth-order valence-corrected chi connectivity index (χ4v) is 4.37. The van der Waals surface area contributed by atoms with E-state index in [1.165, 1.54) is 25.7 Å². The highest BCUT2D eigenvalue weighted by molar-refractivity contribution is 6.35. The Morgan fingerprint density at radius 3 is 2.30 bits per heavy atom. The molecular weight excluding hydrogens is 288 g/mol. The minimum Gasteiger partial charge on any atom is -0.345 e. The van der Waals surface area contributed by atoms with Crippen LogP contribution < -0.4 is 10.6 Å². The summed E-state index contributed by atoms with van der Waals surface area (Å²) < 4.78 is 0. The van der Waals surface area contributed by atoms with Crippen molar-refractivity contribution in [1.29, 1.82) is 0 Å². The van der Waals surface area contributed by atoms with Gasteiger partial charge in [0.05, 0.1) is 6.04 Å². The molecule has 0 spiro atoms. The van der Waals surface area contributed by atoms with E-state index in [1.807, 2.05) is 44.2 Å². The summed E-state index contributed by atoms with van der Waals surface area (Å²) in [6, 6.07) is 9.58. The van der Waals surface area contributed by atoms with Crippen LogP contribution in [0.3, 0.4) is 0 Å². The number of amides is 2. The van der Waals surface area contributed by atoms with Crippen molar-refractivity contribution < 1.29 is 9.59 Å². The summed E-state index contributed by atoms with van der Waals surface area (Å²) in [5.74, 6) is 1.06. The van der Waals surface area contributed by atoms with Gasteiger partial charge in [0, 0.05) is 6.04 Å². The van der Waals surface area contributed by atoms with Crippen molar-refractivity contribution in [1.82, 2.24) is 10.6 Å². The van der Waals surface area contributed by atoms with E-state index >= 15 is 0 Å². The Labute approximate surface area is 138 Å².